The molecule has 7 heterocycles. The Morgan fingerprint density at radius 3 is 0.860 bits per heavy atom. The van der Waals surface area contributed by atoms with E-state index in [1.807, 2.05) is 79.9 Å². The molecule has 0 N–H and O–H groups in total. The van der Waals surface area contributed by atoms with Gasteiger partial charge in [0.1, 0.15) is 4.60 Å². The summed E-state index contributed by atoms with van der Waals surface area (Å²) in [5, 5.41) is 14.8. The smallest absolute Gasteiger partial charge is 0.405 e. The molecule has 19 rings (SSSR count). The lowest BCUT2D eigenvalue weighted by Gasteiger charge is -2.32. The van der Waals surface area contributed by atoms with Crippen molar-refractivity contribution in [2.24, 2.45) is 0 Å². The van der Waals surface area contributed by atoms with Crippen LogP contribution >= 0.6 is 15.9 Å². The Balaban J connectivity index is 0.000000134. The first-order valence-electron chi connectivity index (χ1n) is 36.7. The fourth-order valence-corrected chi connectivity index (χ4v) is 15.9. The molecule has 10 nitrogen and oxygen atoms in total. The first-order chi connectivity index (χ1) is 51.0. The lowest BCUT2D eigenvalue weighted by molar-refractivity contribution is 0.00578. The van der Waals surface area contributed by atoms with Gasteiger partial charge in [0.2, 0.25) is 0 Å². The number of halogens is 1. The van der Waals surface area contributed by atoms with Crippen LogP contribution in [0.5, 0.6) is 0 Å². The molecule has 3 fully saturated rings. The molecular weight excluding hydrogens is 1380 g/mol. The van der Waals surface area contributed by atoms with Gasteiger partial charge < -0.3 is 37.1 Å². The molecule has 0 amide bonds. The Morgan fingerprint density at radius 2 is 0.542 bits per heavy atom. The molecule has 3 saturated heterocycles. The molecular formula is C93H86B3BrN4O6. The van der Waals surface area contributed by atoms with Gasteiger partial charge in [-0.25, -0.2) is 4.98 Å². The fraction of sp³-hybridized carbons (Fsp3) is 0.204. The largest absolute Gasteiger partial charge is 0.514 e. The minimum atomic E-state index is -0.498. The molecule has 107 heavy (non-hydrogen) atoms. The maximum atomic E-state index is 6.30. The fourth-order valence-electron chi connectivity index (χ4n) is 15.6. The van der Waals surface area contributed by atoms with E-state index in [4.69, 9.17) is 32.9 Å². The van der Waals surface area contributed by atoms with Crippen LogP contribution in [0.4, 0.5) is 0 Å². The van der Waals surface area contributed by atoms with Crippen molar-refractivity contribution >= 4 is 129 Å². The average Bonchev–Trinajstić information content (AvgIpc) is 1.36. The van der Waals surface area contributed by atoms with E-state index in [2.05, 4.69) is 313 Å². The van der Waals surface area contributed by atoms with Crippen LogP contribution in [0, 0.1) is 0 Å². The highest BCUT2D eigenvalue weighted by Crippen LogP contribution is 2.49. The molecule has 3 aliphatic rings. The normalized spacial score (nSPS) is 16.7. The number of nitrogens with zero attached hydrogens (tertiary/aromatic N) is 4. The van der Waals surface area contributed by atoms with Crippen LogP contribution in [0.3, 0.4) is 0 Å². The molecule has 0 spiro atoms. The number of pyridine rings is 2. The Bertz CT molecular complexity index is 5900. The van der Waals surface area contributed by atoms with Crippen molar-refractivity contribution in [1.82, 2.24) is 19.1 Å². The summed E-state index contributed by atoms with van der Waals surface area (Å²) >= 11 is 3.50. The van der Waals surface area contributed by atoms with Gasteiger partial charge >= 0.3 is 21.1 Å². The number of hydrogen-bond donors (Lipinski definition) is 0. The number of rotatable bonds is 8. The van der Waals surface area contributed by atoms with Crippen LogP contribution in [0.25, 0.3) is 143 Å². The molecule has 16 aromatic rings. The van der Waals surface area contributed by atoms with E-state index in [1.54, 1.807) is 0 Å². The highest BCUT2D eigenvalue weighted by Gasteiger charge is 2.64. The minimum absolute atomic E-state index is 0. The maximum Gasteiger partial charge on any atom is 0.514 e. The summed E-state index contributed by atoms with van der Waals surface area (Å²) in [5.74, 6) is 0. The molecule has 0 atom stereocenters. The monoisotopic (exact) mass is 1470 g/mol. The number of benzene rings is 12. The zero-order valence-corrected chi connectivity index (χ0v) is 63.5. The van der Waals surface area contributed by atoms with E-state index in [-0.39, 0.29) is 29.8 Å². The van der Waals surface area contributed by atoms with Gasteiger partial charge in [-0.2, -0.15) is 0 Å². The van der Waals surface area contributed by atoms with Gasteiger partial charge in [-0.1, -0.05) is 202 Å². The SMILES string of the molecule is Brc1ccc(-c2c3ccccc3c(-c3ccc4c(c3)c3ccccc3n4-c3ccccc3)c3ccccc23)cn1.C.CC1(C)OB(B2OC(C)(C)C(C)(C)O2)OC1(C)C.CC1(C)OB(c2ccc(-c3c4ccccc4c(-c4ccc5c(c4)c4ccccc4n5-c4ccccc4)c4ccccc34)cn2)OC1(C)C. The van der Waals surface area contributed by atoms with Crippen molar-refractivity contribution in [3.05, 3.63) is 284 Å². The Hall–Kier alpha value is -9.99. The highest BCUT2D eigenvalue weighted by atomic mass is 79.9. The summed E-state index contributed by atoms with van der Waals surface area (Å²) in [6.45, 7) is 24.5. The predicted octanol–water partition coefficient (Wildman–Crippen LogP) is 23.6. The zero-order valence-electron chi connectivity index (χ0n) is 61.9. The molecule has 0 unspecified atom stereocenters. The number of aromatic nitrogens is 4. The Labute approximate surface area is 636 Å². The summed E-state index contributed by atoms with van der Waals surface area (Å²) in [6.07, 6.45) is 3.93. The van der Waals surface area contributed by atoms with E-state index in [0.29, 0.717) is 0 Å². The molecule has 0 radical (unpaired) electrons. The lowest BCUT2D eigenvalue weighted by atomic mass is 9.49. The quantitative estimate of drug-likeness (QED) is 0.0844. The summed E-state index contributed by atoms with van der Waals surface area (Å²) in [6, 6.07) is 96.0. The van der Waals surface area contributed by atoms with Gasteiger partial charge in [-0.05, 0) is 248 Å². The number of fused-ring (bicyclic) bond motifs is 10. The summed E-state index contributed by atoms with van der Waals surface area (Å²) in [7, 11) is -1.45. The molecule has 14 heteroatoms. The van der Waals surface area contributed by atoms with Gasteiger partial charge in [-0.15, -0.1) is 0 Å². The summed E-state index contributed by atoms with van der Waals surface area (Å²) in [4.78, 5) is 9.45. The van der Waals surface area contributed by atoms with Crippen LogP contribution in [0.2, 0.25) is 0 Å². The predicted molar refractivity (Wildman–Crippen MR) is 451 cm³/mol. The van der Waals surface area contributed by atoms with Crippen molar-refractivity contribution in [3.8, 4) is 55.9 Å². The topological polar surface area (TPSA) is 91.0 Å². The van der Waals surface area contributed by atoms with Crippen molar-refractivity contribution in [2.45, 2.75) is 124 Å². The van der Waals surface area contributed by atoms with Crippen LogP contribution < -0.4 is 5.59 Å². The van der Waals surface area contributed by atoms with E-state index in [9.17, 15) is 0 Å². The number of hydrogen-bond acceptors (Lipinski definition) is 8. The van der Waals surface area contributed by atoms with Crippen LogP contribution in [0.15, 0.2) is 284 Å². The molecule has 0 bridgehead atoms. The number of para-hydroxylation sites is 4. The van der Waals surface area contributed by atoms with Crippen molar-refractivity contribution in [3.63, 3.8) is 0 Å². The standard InChI is InChI=1S/C43H35BN2O2.C37H23BrN2.C12H24B2O4.CH4/c1-42(2)43(3,4)48-44(47-42)39-25-23-29(27-45-39)41-34-19-10-8-17-32(34)40(33-18-9-11-20-35(33)41)28-22-24-38-36(26-28)31-16-12-13-21-37(31)46(38)30-14-6-5-7-15-30;38-35-21-19-25(23-39-35)37-30-15-6-4-13-28(30)36(29-14-5-7-16-31(29)37)24-18-20-34-32(22-24)27-12-8-9-17-33(27)40(34)26-10-2-1-3-11-26;1-9(2)10(3,4)16-13(15-9)14-17-11(5,6)12(7,8)18-14;/h5-27H,1-4H3;1-23H;1-8H3;1H4. The molecule has 0 saturated carbocycles. The minimum Gasteiger partial charge on any atom is -0.405 e. The third kappa shape index (κ3) is 12.3. The Morgan fingerprint density at radius 1 is 0.271 bits per heavy atom. The molecule has 530 valence electrons. The second-order valence-electron chi connectivity index (χ2n) is 31.2. The van der Waals surface area contributed by atoms with Crippen LogP contribution in [0.1, 0.15) is 90.5 Å². The van der Waals surface area contributed by atoms with Crippen molar-refractivity contribution in [1.29, 1.82) is 0 Å². The molecule has 0 aliphatic carbocycles. The average molecular weight is 1470 g/mol. The highest BCUT2D eigenvalue weighted by molar-refractivity contribution is 9.10. The van der Waals surface area contributed by atoms with Crippen molar-refractivity contribution in [2.75, 3.05) is 0 Å². The van der Waals surface area contributed by atoms with Crippen molar-refractivity contribution < 1.29 is 27.9 Å². The third-order valence-electron chi connectivity index (χ3n) is 23.2. The second kappa shape index (κ2) is 27.0. The van der Waals surface area contributed by atoms with Gasteiger partial charge in [0.05, 0.1) is 61.3 Å². The third-order valence-corrected chi connectivity index (χ3v) is 23.6. The van der Waals surface area contributed by atoms with Crippen LogP contribution in [-0.4, -0.2) is 73.8 Å². The van der Waals surface area contributed by atoms with Gasteiger partial charge in [-0.3, -0.25) is 4.98 Å². The second-order valence-corrected chi connectivity index (χ2v) is 32.0. The van der Waals surface area contributed by atoms with Crippen LogP contribution in [-0.2, 0) is 27.9 Å². The van der Waals surface area contributed by atoms with E-state index in [0.717, 1.165) is 27.0 Å². The van der Waals surface area contributed by atoms with E-state index in [1.165, 1.54) is 126 Å². The molecule has 12 aromatic carbocycles. The molecule has 4 aromatic heterocycles. The first-order valence-corrected chi connectivity index (χ1v) is 37.5. The Kier molecular flexibility index (Phi) is 18.0. The first kappa shape index (κ1) is 71.3. The zero-order chi connectivity index (χ0) is 73.2. The molecule has 3 aliphatic heterocycles. The van der Waals surface area contributed by atoms with E-state index < -0.39 is 32.3 Å². The summed E-state index contributed by atoms with van der Waals surface area (Å²) < 4.78 is 42.0. The van der Waals surface area contributed by atoms with Gasteiger partial charge in [0, 0.05) is 56.4 Å². The maximum absolute atomic E-state index is 6.30. The van der Waals surface area contributed by atoms with E-state index >= 15 is 0 Å². The summed E-state index contributed by atoms with van der Waals surface area (Å²) in [5.41, 5.74) is 15.2. The lowest BCUT2D eigenvalue weighted by Crippen LogP contribution is -2.41. The van der Waals surface area contributed by atoms with Gasteiger partial charge in [0.15, 0.2) is 0 Å². The van der Waals surface area contributed by atoms with Gasteiger partial charge in [0.25, 0.3) is 0 Å².